The van der Waals surface area contributed by atoms with Crippen LogP contribution >= 0.6 is 0 Å². The Morgan fingerprint density at radius 2 is 1.87 bits per heavy atom. The fraction of sp³-hybridized carbons (Fsp3) is 0.900. The molecule has 0 fully saturated rings. The maximum Gasteiger partial charge on any atom is 0.234 e. The van der Waals surface area contributed by atoms with E-state index in [0.717, 1.165) is 29.5 Å². The number of hydrogen-bond donors (Lipinski definition) is 0. The fourth-order valence-corrected chi connectivity index (χ4v) is 2.41. The van der Waals surface area contributed by atoms with Crippen LogP contribution in [-0.4, -0.2) is 41.5 Å². The average molecular weight is 231 g/mol. The van der Waals surface area contributed by atoms with E-state index < -0.39 is 0 Å². The lowest BCUT2D eigenvalue weighted by molar-refractivity contribution is -0.177. The van der Waals surface area contributed by atoms with Crippen LogP contribution in [-0.2, 0) is 14.3 Å². The van der Waals surface area contributed by atoms with Gasteiger partial charge in [-0.25, -0.2) is 9.79 Å². The molecule has 0 aliphatic heterocycles. The minimum absolute atomic E-state index is 0.353. The predicted octanol–water partition coefficient (Wildman–Crippen LogP) is 0.585. The van der Waals surface area contributed by atoms with Crippen molar-refractivity contribution in [2.45, 2.75) is 38.5 Å². The Bertz CT molecular complexity index is 199. The molecule has 0 unspecified atom stereocenters. The zero-order chi connectivity index (χ0) is 11.6. The molecule has 0 atom stereocenters. The van der Waals surface area contributed by atoms with Gasteiger partial charge in [-0.15, -0.1) is 0 Å². The van der Waals surface area contributed by atoms with Crippen LogP contribution < -0.4 is 0 Å². The van der Waals surface area contributed by atoms with Crippen molar-refractivity contribution < 1.29 is 14.3 Å². The van der Waals surface area contributed by atoms with Gasteiger partial charge in [-0.05, 0) is 33.1 Å². The highest BCUT2D eigenvalue weighted by Gasteiger charge is 2.23. The number of isocyanates is 1. The number of aliphatic imine (C=N–C) groups is 1. The van der Waals surface area contributed by atoms with E-state index in [4.69, 9.17) is 9.47 Å². The van der Waals surface area contributed by atoms with Gasteiger partial charge in [-0.1, -0.05) is 0 Å². The lowest BCUT2D eigenvalue weighted by Gasteiger charge is -2.29. The highest BCUT2D eigenvalue weighted by Crippen LogP contribution is 2.17. The number of rotatable bonds is 9. The molecule has 0 aromatic carbocycles. The minimum atomic E-state index is -0.353. The van der Waals surface area contributed by atoms with Crippen molar-refractivity contribution in [1.29, 1.82) is 0 Å². The van der Waals surface area contributed by atoms with Crippen molar-refractivity contribution in [3.8, 4) is 0 Å². The molecule has 0 rings (SSSR count). The van der Waals surface area contributed by atoms with Crippen molar-refractivity contribution in [2.24, 2.45) is 4.99 Å². The van der Waals surface area contributed by atoms with E-state index in [0.29, 0.717) is 19.8 Å². The van der Waals surface area contributed by atoms with Gasteiger partial charge in [0.15, 0.2) is 0 Å². The summed E-state index contributed by atoms with van der Waals surface area (Å²) in [6.45, 7) is 5.86. The average Bonchev–Trinajstić information content (AvgIpc) is 2.18. The van der Waals surface area contributed by atoms with E-state index in [9.17, 15) is 4.79 Å². The molecule has 0 aromatic rings. The summed E-state index contributed by atoms with van der Waals surface area (Å²) in [7, 11) is 0.855. The minimum Gasteiger partial charge on any atom is -0.355 e. The molecule has 15 heavy (non-hydrogen) atoms. The third-order valence-corrected chi connectivity index (χ3v) is 3.19. The number of ether oxygens (including phenoxy) is 2. The van der Waals surface area contributed by atoms with E-state index in [1.807, 2.05) is 13.8 Å². The molecule has 5 heteroatoms. The summed E-state index contributed by atoms with van der Waals surface area (Å²) in [6, 6.07) is 0. The third-order valence-electron chi connectivity index (χ3n) is 2.11. The Hall–Kier alpha value is -0.483. The topological polar surface area (TPSA) is 47.9 Å². The Balaban J connectivity index is 3.79. The van der Waals surface area contributed by atoms with Gasteiger partial charge in [-0.3, -0.25) is 0 Å². The van der Waals surface area contributed by atoms with Crippen LogP contribution in [0.1, 0.15) is 33.1 Å². The lowest BCUT2D eigenvalue weighted by atomic mass is 10.2. The molecular weight excluding hydrogens is 210 g/mol. The van der Waals surface area contributed by atoms with E-state index in [-0.39, 0.29) is 5.41 Å². The molecule has 4 nitrogen and oxygen atoms in total. The van der Waals surface area contributed by atoms with Crippen LogP contribution in [0, 0.1) is 0 Å². The number of nitrogens with zero attached hydrogens (tertiary/aromatic N) is 1. The Labute approximate surface area is 94.5 Å². The summed E-state index contributed by atoms with van der Waals surface area (Å²) in [4.78, 5) is 13.3. The van der Waals surface area contributed by atoms with Crippen LogP contribution in [0.2, 0.25) is 0 Å². The van der Waals surface area contributed by atoms with Crippen molar-refractivity contribution in [3.05, 3.63) is 0 Å². The maximum absolute atomic E-state index is 9.84. The molecule has 0 N–H and O–H groups in total. The first-order valence-electron chi connectivity index (χ1n) is 5.50. The summed E-state index contributed by atoms with van der Waals surface area (Å²) in [5.74, 6) is 0. The molecule has 0 saturated heterocycles. The number of hydrogen-bond acceptors (Lipinski definition) is 4. The van der Waals surface area contributed by atoms with Crippen LogP contribution in [0.15, 0.2) is 4.99 Å². The number of carbonyl (C=O) groups excluding carboxylic acids is 1. The summed E-state index contributed by atoms with van der Waals surface area (Å²) in [6.07, 6.45) is 4.28. The molecule has 0 heterocycles. The van der Waals surface area contributed by atoms with Crippen LogP contribution in [0.3, 0.4) is 0 Å². The Morgan fingerprint density at radius 1 is 1.27 bits per heavy atom. The summed E-state index contributed by atoms with van der Waals surface area (Å²) in [5, 5.41) is 0. The van der Waals surface area contributed by atoms with Gasteiger partial charge < -0.3 is 9.47 Å². The third kappa shape index (κ3) is 7.45. The first-order chi connectivity index (χ1) is 7.18. The van der Waals surface area contributed by atoms with E-state index >= 15 is 0 Å². The van der Waals surface area contributed by atoms with E-state index in [1.165, 1.54) is 6.08 Å². The van der Waals surface area contributed by atoms with E-state index in [2.05, 4.69) is 4.99 Å². The molecule has 0 saturated carbocycles. The molecule has 0 aliphatic rings. The molecule has 88 valence electrons. The molecule has 0 spiro atoms. The smallest absolute Gasteiger partial charge is 0.234 e. The molecular formula is C10H21NO3Si. The van der Waals surface area contributed by atoms with Gasteiger partial charge >= 0.3 is 0 Å². The van der Waals surface area contributed by atoms with Gasteiger partial charge in [0.2, 0.25) is 6.08 Å². The Kier molecular flexibility index (Phi) is 8.51. The SMILES string of the molecule is CCOC([SiH3])(CCCCN=C=O)OCC. The van der Waals surface area contributed by atoms with Gasteiger partial charge in [0.1, 0.15) is 5.41 Å². The second-order valence-corrected chi connectivity index (χ2v) is 4.95. The van der Waals surface area contributed by atoms with Crippen molar-refractivity contribution in [3.63, 3.8) is 0 Å². The summed E-state index contributed by atoms with van der Waals surface area (Å²) in [5.41, 5.74) is -0.353. The summed E-state index contributed by atoms with van der Waals surface area (Å²) >= 11 is 0. The highest BCUT2D eigenvalue weighted by atomic mass is 28.1. The van der Waals surface area contributed by atoms with Crippen LogP contribution in [0.25, 0.3) is 0 Å². The van der Waals surface area contributed by atoms with E-state index in [1.54, 1.807) is 0 Å². The summed E-state index contributed by atoms with van der Waals surface area (Å²) < 4.78 is 11.2. The normalized spacial score (nSPS) is 11.3. The zero-order valence-corrected chi connectivity index (χ0v) is 11.9. The Morgan fingerprint density at radius 3 is 2.33 bits per heavy atom. The highest BCUT2D eigenvalue weighted by molar-refractivity contribution is 6.13. The lowest BCUT2D eigenvalue weighted by Crippen LogP contribution is -2.36. The van der Waals surface area contributed by atoms with Gasteiger partial charge in [0.05, 0.1) is 16.8 Å². The first kappa shape index (κ1) is 14.5. The van der Waals surface area contributed by atoms with Gasteiger partial charge in [-0.2, -0.15) is 0 Å². The standard InChI is InChI=1S/C10H21NO3Si/c1-3-13-10(15,14-4-2)7-5-6-8-11-9-12/h3-8H2,1-2,15H3. The van der Waals surface area contributed by atoms with Crippen LogP contribution in [0.5, 0.6) is 0 Å². The first-order valence-corrected chi connectivity index (χ1v) is 6.50. The fourth-order valence-electron chi connectivity index (χ4n) is 1.48. The zero-order valence-electron chi connectivity index (χ0n) is 9.91. The molecule has 0 radical (unpaired) electrons. The van der Waals surface area contributed by atoms with Gasteiger partial charge in [0, 0.05) is 13.2 Å². The molecule has 0 aliphatic carbocycles. The van der Waals surface area contributed by atoms with Crippen molar-refractivity contribution in [2.75, 3.05) is 19.8 Å². The van der Waals surface area contributed by atoms with Gasteiger partial charge in [0.25, 0.3) is 0 Å². The number of unbranched alkanes of at least 4 members (excludes halogenated alkanes) is 1. The molecule has 0 bridgehead atoms. The predicted molar refractivity (Wildman–Crippen MR) is 62.8 cm³/mol. The quantitative estimate of drug-likeness (QED) is 0.192. The van der Waals surface area contributed by atoms with Crippen molar-refractivity contribution in [1.82, 2.24) is 0 Å². The second-order valence-electron chi connectivity index (χ2n) is 3.43. The largest absolute Gasteiger partial charge is 0.355 e. The molecule has 0 amide bonds. The van der Waals surface area contributed by atoms with Crippen molar-refractivity contribution >= 4 is 16.3 Å². The second kappa shape index (κ2) is 8.80. The monoisotopic (exact) mass is 231 g/mol. The maximum atomic E-state index is 9.84. The van der Waals surface area contributed by atoms with Crippen LogP contribution in [0.4, 0.5) is 0 Å². The molecule has 0 aromatic heterocycles.